The second-order valence-corrected chi connectivity index (χ2v) is 12.2. The highest BCUT2D eigenvalue weighted by molar-refractivity contribution is 7.99. The lowest BCUT2D eigenvalue weighted by molar-refractivity contribution is -0.209. The highest BCUT2D eigenvalue weighted by atomic mass is 35.6. The molecule has 36 heavy (non-hydrogen) atoms. The minimum Gasteiger partial charge on any atom is -0.379 e. The summed E-state index contributed by atoms with van der Waals surface area (Å²) in [6, 6.07) is 9.23. The molecule has 1 saturated heterocycles. The maximum Gasteiger partial charge on any atom is 0.272 e. The van der Waals surface area contributed by atoms with Crippen LogP contribution in [0.15, 0.2) is 35.2 Å². The van der Waals surface area contributed by atoms with Crippen LogP contribution in [-0.2, 0) is 23.7 Å². The quantitative estimate of drug-likeness (QED) is 0.176. The number of nitrogens with one attached hydrogen (secondary N) is 1. The number of carbonyl (C=O) groups excluding carboxylic acids is 1. The lowest BCUT2D eigenvalue weighted by Crippen LogP contribution is -2.65. The van der Waals surface area contributed by atoms with Gasteiger partial charge in [0.15, 0.2) is 0 Å². The summed E-state index contributed by atoms with van der Waals surface area (Å²) in [4.78, 5) is 13.8. The molecule has 0 saturated carbocycles. The first kappa shape index (κ1) is 32.0. The van der Waals surface area contributed by atoms with Gasteiger partial charge < -0.3 is 24.3 Å². The molecule has 1 fully saturated rings. The number of thioether (sulfide) groups is 1. The monoisotopic (exact) mass is 583 g/mol. The summed E-state index contributed by atoms with van der Waals surface area (Å²) in [5, 5.41) is 2.90. The van der Waals surface area contributed by atoms with Gasteiger partial charge in [-0.25, -0.2) is 0 Å². The molecule has 2 rings (SSSR count). The molecular weight excluding hydrogens is 545 g/mol. The third-order valence-corrected chi connectivity index (χ3v) is 7.43. The molecule has 1 aliphatic heterocycles. The zero-order valence-electron chi connectivity index (χ0n) is 21.4. The van der Waals surface area contributed by atoms with Gasteiger partial charge in [-0.3, -0.25) is 4.79 Å². The molecule has 0 bridgehead atoms. The van der Waals surface area contributed by atoms with Crippen molar-refractivity contribution >= 4 is 52.5 Å². The number of hydrogen-bond acceptors (Lipinski definition) is 6. The first-order valence-corrected chi connectivity index (χ1v) is 14.9. The van der Waals surface area contributed by atoms with Crippen molar-refractivity contribution in [2.45, 2.75) is 97.8 Å². The lowest BCUT2D eigenvalue weighted by atomic mass is 9.97. The third-order valence-electron chi connectivity index (χ3n) is 5.74. The van der Waals surface area contributed by atoms with Crippen LogP contribution in [-0.4, -0.2) is 65.9 Å². The number of unbranched alkanes of at least 4 members (excludes halogenated alkanes) is 3. The minimum atomic E-state index is -2.12. The van der Waals surface area contributed by atoms with E-state index in [2.05, 4.69) is 26.1 Å². The van der Waals surface area contributed by atoms with Crippen molar-refractivity contribution in [3.05, 3.63) is 30.3 Å². The van der Waals surface area contributed by atoms with Crippen molar-refractivity contribution in [2.75, 3.05) is 26.4 Å². The molecule has 1 aromatic rings. The van der Waals surface area contributed by atoms with Crippen molar-refractivity contribution in [3.63, 3.8) is 0 Å². The van der Waals surface area contributed by atoms with Gasteiger partial charge in [0.1, 0.15) is 23.7 Å². The predicted molar refractivity (Wildman–Crippen MR) is 148 cm³/mol. The zero-order valence-corrected chi connectivity index (χ0v) is 24.5. The lowest BCUT2D eigenvalue weighted by Gasteiger charge is -2.46. The van der Waals surface area contributed by atoms with E-state index in [1.807, 2.05) is 30.3 Å². The number of halogens is 3. The van der Waals surface area contributed by atoms with Gasteiger partial charge in [-0.1, -0.05) is 105 Å². The highest BCUT2D eigenvalue weighted by Gasteiger charge is 2.49. The van der Waals surface area contributed by atoms with Crippen LogP contribution < -0.4 is 5.32 Å². The number of benzene rings is 1. The third kappa shape index (κ3) is 10.9. The van der Waals surface area contributed by atoms with E-state index in [9.17, 15) is 4.79 Å². The average molecular weight is 585 g/mol. The second-order valence-electron chi connectivity index (χ2n) is 8.78. The summed E-state index contributed by atoms with van der Waals surface area (Å²) >= 11 is 19.3. The molecular formula is C26H40Cl3NO5S. The molecule has 10 heteroatoms. The highest BCUT2D eigenvalue weighted by Crippen LogP contribution is 2.37. The minimum absolute atomic E-state index is 0.363. The smallest absolute Gasteiger partial charge is 0.272 e. The number of amides is 1. The molecule has 5 atom stereocenters. The Labute approximate surface area is 235 Å². The van der Waals surface area contributed by atoms with E-state index in [0.29, 0.717) is 26.4 Å². The predicted octanol–water partition coefficient (Wildman–Crippen LogP) is 6.55. The van der Waals surface area contributed by atoms with Crippen LogP contribution >= 0.6 is 46.6 Å². The summed E-state index contributed by atoms with van der Waals surface area (Å²) in [5.41, 5.74) is -0.513. The van der Waals surface area contributed by atoms with Gasteiger partial charge >= 0.3 is 0 Å². The van der Waals surface area contributed by atoms with E-state index in [4.69, 9.17) is 53.8 Å². The Morgan fingerprint density at radius 2 is 1.53 bits per heavy atom. The van der Waals surface area contributed by atoms with E-state index in [1.165, 1.54) is 11.8 Å². The van der Waals surface area contributed by atoms with E-state index in [0.717, 1.165) is 43.4 Å². The van der Waals surface area contributed by atoms with Crippen LogP contribution in [0.4, 0.5) is 0 Å². The first-order valence-electron chi connectivity index (χ1n) is 12.9. The van der Waals surface area contributed by atoms with E-state index < -0.39 is 33.4 Å². The van der Waals surface area contributed by atoms with Crippen LogP contribution in [0.3, 0.4) is 0 Å². The fourth-order valence-corrected chi connectivity index (χ4v) is 5.04. The van der Waals surface area contributed by atoms with Crippen molar-refractivity contribution in [1.29, 1.82) is 0 Å². The fraction of sp³-hybridized carbons (Fsp3) is 0.731. The van der Waals surface area contributed by atoms with E-state index in [1.54, 1.807) is 0 Å². The van der Waals surface area contributed by atoms with Crippen molar-refractivity contribution in [1.82, 2.24) is 5.32 Å². The van der Waals surface area contributed by atoms with Gasteiger partial charge in [-0.2, -0.15) is 0 Å². The summed E-state index contributed by atoms with van der Waals surface area (Å²) in [6.07, 6.45) is 4.40. The number of hydrogen-bond donors (Lipinski definition) is 1. The van der Waals surface area contributed by atoms with Crippen LogP contribution in [0.1, 0.15) is 59.3 Å². The standard InChI is InChI=1S/C26H40Cl3NO5S/c1-4-7-15-32-18-20-22(33-16-8-5-2)23(34-17-9-6-3)21(30-25(31)26(27,28)29)24(35-20)36-19-13-11-10-12-14-19/h10-14,20-24H,4-9,15-18H2,1-3H3,(H,30,31)/t20?,21-,22-,23?,24-/m0/s1. The molecule has 1 aromatic carbocycles. The Balaban J connectivity index is 2.39. The van der Waals surface area contributed by atoms with Gasteiger partial charge in [-0.05, 0) is 31.4 Å². The molecule has 1 N–H and O–H groups in total. The van der Waals surface area contributed by atoms with Crippen LogP contribution in [0.5, 0.6) is 0 Å². The Bertz CT molecular complexity index is 740. The average Bonchev–Trinajstić information content (AvgIpc) is 2.85. The molecule has 0 spiro atoms. The number of ether oxygens (including phenoxy) is 4. The fourth-order valence-electron chi connectivity index (χ4n) is 3.73. The van der Waals surface area contributed by atoms with Gasteiger partial charge in [0.25, 0.3) is 9.70 Å². The topological polar surface area (TPSA) is 66.0 Å². The van der Waals surface area contributed by atoms with Gasteiger partial charge in [0.05, 0.1) is 12.6 Å². The molecule has 1 amide bonds. The largest absolute Gasteiger partial charge is 0.379 e. The summed E-state index contributed by atoms with van der Waals surface area (Å²) in [5.74, 6) is -0.728. The van der Waals surface area contributed by atoms with Gasteiger partial charge in [-0.15, -0.1) is 0 Å². The van der Waals surface area contributed by atoms with Crippen LogP contribution in [0.25, 0.3) is 0 Å². The SMILES string of the molecule is CCCCOCC1O[C@@H](Sc2ccccc2)[C@@H](NC(=O)C(Cl)(Cl)Cl)C(OCCCC)[C@H]1OCCCC. The molecule has 1 heterocycles. The molecule has 1 aliphatic rings. The molecule has 2 unspecified atom stereocenters. The maximum atomic E-state index is 12.8. The first-order chi connectivity index (χ1) is 17.3. The van der Waals surface area contributed by atoms with Crippen LogP contribution in [0.2, 0.25) is 0 Å². The summed E-state index contributed by atoms with van der Waals surface area (Å²) in [7, 11) is 0. The maximum absolute atomic E-state index is 12.8. The van der Waals surface area contributed by atoms with E-state index >= 15 is 0 Å². The molecule has 0 aromatic heterocycles. The zero-order chi connectivity index (χ0) is 26.4. The number of rotatable bonds is 16. The van der Waals surface area contributed by atoms with Gasteiger partial charge in [0, 0.05) is 24.7 Å². The summed E-state index contributed by atoms with van der Waals surface area (Å²) < 4.78 is 23.2. The van der Waals surface area contributed by atoms with Crippen molar-refractivity contribution < 1.29 is 23.7 Å². The Kier molecular flexibility index (Phi) is 15.4. The van der Waals surface area contributed by atoms with Crippen molar-refractivity contribution in [2.24, 2.45) is 0 Å². The normalized spacial score (nSPS) is 24.6. The Hall–Kier alpha value is -0.250. The summed E-state index contributed by atoms with van der Waals surface area (Å²) in [6.45, 7) is 8.40. The number of carbonyl (C=O) groups is 1. The molecule has 0 radical (unpaired) electrons. The Morgan fingerprint density at radius 1 is 0.944 bits per heavy atom. The van der Waals surface area contributed by atoms with E-state index in [-0.39, 0.29) is 6.10 Å². The Morgan fingerprint density at radius 3 is 2.11 bits per heavy atom. The molecule has 0 aliphatic carbocycles. The second kappa shape index (κ2) is 17.4. The molecule has 206 valence electrons. The molecule has 6 nitrogen and oxygen atoms in total. The van der Waals surface area contributed by atoms with Crippen LogP contribution in [0, 0.1) is 0 Å². The van der Waals surface area contributed by atoms with Gasteiger partial charge in [0.2, 0.25) is 0 Å². The number of alkyl halides is 3. The van der Waals surface area contributed by atoms with Crippen molar-refractivity contribution in [3.8, 4) is 0 Å².